The van der Waals surface area contributed by atoms with Crippen molar-refractivity contribution >= 4 is 17.5 Å². The molecule has 0 saturated carbocycles. The summed E-state index contributed by atoms with van der Waals surface area (Å²) in [5, 5.41) is 1.17. The third-order valence-corrected chi connectivity index (χ3v) is 3.68. The average Bonchev–Trinajstić information content (AvgIpc) is 2.80. The summed E-state index contributed by atoms with van der Waals surface area (Å²) < 4.78 is 18.5. The van der Waals surface area contributed by atoms with E-state index in [2.05, 4.69) is 0 Å². The standard InChI is InChI=1S/C14H16FN3O5/c1-21-7-5-17-22-6-4-10(23-17)18-13(19)8-2-3-9(15)12(16)11(8)14(18)20/h2-3,10H,4-7,16H2,1H3. The summed E-state index contributed by atoms with van der Waals surface area (Å²) in [6.45, 7) is 0.936. The Balaban J connectivity index is 1.83. The molecule has 3 rings (SSSR count). The van der Waals surface area contributed by atoms with Gasteiger partial charge in [0.15, 0.2) is 6.23 Å². The monoisotopic (exact) mass is 325 g/mol. The van der Waals surface area contributed by atoms with Gasteiger partial charge in [-0.2, -0.15) is 0 Å². The van der Waals surface area contributed by atoms with Gasteiger partial charge in [-0.15, -0.1) is 0 Å². The third-order valence-electron chi connectivity index (χ3n) is 3.68. The number of hydroxylamine groups is 2. The predicted molar refractivity (Wildman–Crippen MR) is 75.3 cm³/mol. The summed E-state index contributed by atoms with van der Waals surface area (Å²) in [7, 11) is 1.53. The Kier molecular flexibility index (Phi) is 4.26. The lowest BCUT2D eigenvalue weighted by Gasteiger charge is -2.34. The molecule has 0 bridgehead atoms. The van der Waals surface area contributed by atoms with Crippen LogP contribution in [0, 0.1) is 5.82 Å². The van der Waals surface area contributed by atoms with Crippen LogP contribution in [0.3, 0.4) is 0 Å². The molecule has 2 N–H and O–H groups in total. The van der Waals surface area contributed by atoms with Gasteiger partial charge in [-0.05, 0) is 12.1 Å². The zero-order valence-corrected chi connectivity index (χ0v) is 12.5. The quantitative estimate of drug-likeness (QED) is 0.638. The van der Waals surface area contributed by atoms with Gasteiger partial charge in [0.25, 0.3) is 11.8 Å². The van der Waals surface area contributed by atoms with E-state index in [1.54, 1.807) is 0 Å². The highest BCUT2D eigenvalue weighted by Gasteiger charge is 2.44. The van der Waals surface area contributed by atoms with Crippen LogP contribution >= 0.6 is 0 Å². The van der Waals surface area contributed by atoms with Gasteiger partial charge in [-0.1, -0.05) is 5.23 Å². The molecule has 2 amide bonds. The molecule has 124 valence electrons. The summed E-state index contributed by atoms with van der Waals surface area (Å²) >= 11 is 0. The van der Waals surface area contributed by atoms with Crippen molar-refractivity contribution in [2.75, 3.05) is 32.6 Å². The van der Waals surface area contributed by atoms with E-state index in [4.69, 9.17) is 20.1 Å². The van der Waals surface area contributed by atoms with E-state index in [0.29, 0.717) is 19.6 Å². The minimum Gasteiger partial charge on any atom is -0.396 e. The largest absolute Gasteiger partial charge is 0.396 e. The lowest BCUT2D eigenvalue weighted by atomic mass is 10.1. The molecule has 9 heteroatoms. The Bertz CT molecular complexity index is 654. The number of rotatable bonds is 4. The molecule has 1 fully saturated rings. The van der Waals surface area contributed by atoms with Gasteiger partial charge >= 0.3 is 0 Å². The van der Waals surface area contributed by atoms with Crippen LogP contribution in [-0.4, -0.2) is 55.0 Å². The van der Waals surface area contributed by atoms with Crippen molar-refractivity contribution in [3.05, 3.63) is 29.1 Å². The third kappa shape index (κ3) is 2.68. The number of ether oxygens (including phenoxy) is 1. The van der Waals surface area contributed by atoms with Crippen molar-refractivity contribution in [3.8, 4) is 0 Å². The molecule has 0 spiro atoms. The van der Waals surface area contributed by atoms with E-state index in [9.17, 15) is 14.0 Å². The second-order valence-corrected chi connectivity index (χ2v) is 5.10. The van der Waals surface area contributed by atoms with Gasteiger partial charge in [0.05, 0.1) is 36.6 Å². The second kappa shape index (κ2) is 6.20. The summed E-state index contributed by atoms with van der Waals surface area (Å²) in [4.78, 5) is 36.6. The Hall–Kier alpha value is -2.07. The fraction of sp³-hybridized carbons (Fsp3) is 0.429. The number of halogens is 1. The van der Waals surface area contributed by atoms with Gasteiger partial charge in [0.1, 0.15) is 5.82 Å². The number of hydrogen-bond donors (Lipinski definition) is 1. The minimum absolute atomic E-state index is 0.0763. The number of fused-ring (bicyclic) bond motifs is 1. The highest BCUT2D eigenvalue weighted by molar-refractivity contribution is 6.23. The number of imide groups is 1. The number of nitrogens with zero attached hydrogens (tertiary/aromatic N) is 2. The molecule has 1 atom stereocenters. The normalized spacial score (nSPS) is 21.8. The van der Waals surface area contributed by atoms with Crippen LogP contribution in [0.25, 0.3) is 0 Å². The minimum atomic E-state index is -0.838. The van der Waals surface area contributed by atoms with Crippen LogP contribution in [0.15, 0.2) is 12.1 Å². The Labute approximate surface area is 131 Å². The molecular weight excluding hydrogens is 309 g/mol. The molecule has 2 aliphatic heterocycles. The molecule has 1 unspecified atom stereocenters. The topological polar surface area (TPSA) is 94.3 Å². The van der Waals surface area contributed by atoms with Crippen molar-refractivity contribution in [2.24, 2.45) is 0 Å². The molecule has 2 heterocycles. The summed E-state index contributed by atoms with van der Waals surface area (Å²) in [6.07, 6.45) is -0.535. The first kappa shape index (κ1) is 15.8. The van der Waals surface area contributed by atoms with Gasteiger partial charge in [-0.25, -0.2) is 14.1 Å². The maximum Gasteiger partial charge on any atom is 0.265 e. The van der Waals surface area contributed by atoms with Crippen LogP contribution in [-0.2, 0) is 14.4 Å². The van der Waals surface area contributed by atoms with E-state index in [1.807, 2.05) is 0 Å². The highest BCUT2D eigenvalue weighted by Crippen LogP contribution is 2.32. The van der Waals surface area contributed by atoms with E-state index in [1.165, 1.54) is 18.4 Å². The SMILES string of the molecule is COCCN1OCCC(N2C(=O)c3ccc(F)c(N)c3C2=O)O1. The average molecular weight is 325 g/mol. The van der Waals surface area contributed by atoms with Crippen LogP contribution < -0.4 is 5.73 Å². The van der Waals surface area contributed by atoms with Gasteiger partial charge in [0, 0.05) is 13.5 Å². The zero-order valence-electron chi connectivity index (χ0n) is 12.5. The first-order chi connectivity index (χ1) is 11.0. The van der Waals surface area contributed by atoms with Crippen molar-refractivity contribution in [3.63, 3.8) is 0 Å². The number of nitrogens with two attached hydrogens (primary N) is 1. The Morgan fingerprint density at radius 1 is 1.39 bits per heavy atom. The summed E-state index contributed by atoms with van der Waals surface area (Å²) in [6, 6.07) is 2.32. The number of hydrogen-bond acceptors (Lipinski definition) is 7. The van der Waals surface area contributed by atoms with E-state index < -0.39 is 23.9 Å². The highest BCUT2D eigenvalue weighted by atomic mass is 19.1. The van der Waals surface area contributed by atoms with Crippen LogP contribution in [0.5, 0.6) is 0 Å². The maximum atomic E-state index is 13.6. The number of carbonyl (C=O) groups is 2. The number of anilines is 1. The lowest BCUT2D eigenvalue weighted by Crippen LogP contribution is -2.49. The van der Waals surface area contributed by atoms with E-state index in [-0.39, 0.29) is 23.4 Å². The number of benzene rings is 1. The van der Waals surface area contributed by atoms with E-state index in [0.717, 1.165) is 11.0 Å². The molecule has 23 heavy (non-hydrogen) atoms. The summed E-state index contributed by atoms with van der Waals surface area (Å²) in [5.74, 6) is -1.96. The number of methoxy groups -OCH3 is 1. The predicted octanol–water partition coefficient (Wildman–Crippen LogP) is 0.545. The lowest BCUT2D eigenvalue weighted by molar-refractivity contribution is -0.425. The molecule has 8 nitrogen and oxygen atoms in total. The van der Waals surface area contributed by atoms with Crippen molar-refractivity contribution in [1.29, 1.82) is 0 Å². The summed E-state index contributed by atoms with van der Waals surface area (Å²) in [5.41, 5.74) is 5.24. The maximum absolute atomic E-state index is 13.6. The Morgan fingerprint density at radius 3 is 2.91 bits per heavy atom. The van der Waals surface area contributed by atoms with Crippen LogP contribution in [0.2, 0.25) is 0 Å². The molecular formula is C14H16FN3O5. The van der Waals surface area contributed by atoms with Crippen molar-refractivity contribution < 1.29 is 28.4 Å². The molecule has 1 aromatic carbocycles. The molecule has 0 aromatic heterocycles. The number of amides is 2. The smallest absolute Gasteiger partial charge is 0.265 e. The molecule has 0 radical (unpaired) electrons. The molecule has 2 aliphatic rings. The second-order valence-electron chi connectivity index (χ2n) is 5.10. The fourth-order valence-electron chi connectivity index (χ4n) is 2.54. The number of nitrogen functional groups attached to an aromatic ring is 1. The Morgan fingerprint density at radius 2 is 2.17 bits per heavy atom. The zero-order chi connectivity index (χ0) is 16.6. The first-order valence-electron chi connectivity index (χ1n) is 7.06. The number of carbonyl (C=O) groups excluding carboxylic acids is 2. The van der Waals surface area contributed by atoms with E-state index >= 15 is 0 Å². The first-order valence-corrected chi connectivity index (χ1v) is 7.06. The van der Waals surface area contributed by atoms with Crippen molar-refractivity contribution in [1.82, 2.24) is 10.1 Å². The molecule has 1 saturated heterocycles. The fourth-order valence-corrected chi connectivity index (χ4v) is 2.54. The van der Waals surface area contributed by atoms with Crippen molar-refractivity contribution in [2.45, 2.75) is 12.6 Å². The molecule has 0 aliphatic carbocycles. The van der Waals surface area contributed by atoms with Crippen LogP contribution in [0.1, 0.15) is 27.1 Å². The van der Waals surface area contributed by atoms with Gasteiger partial charge in [0.2, 0.25) is 0 Å². The van der Waals surface area contributed by atoms with Crippen LogP contribution in [0.4, 0.5) is 10.1 Å². The van der Waals surface area contributed by atoms with Gasteiger partial charge in [-0.3, -0.25) is 14.4 Å². The van der Waals surface area contributed by atoms with Gasteiger partial charge < -0.3 is 10.5 Å². The molecule has 1 aromatic rings.